The summed E-state index contributed by atoms with van der Waals surface area (Å²) < 4.78 is 41.4. The summed E-state index contributed by atoms with van der Waals surface area (Å²) in [5, 5.41) is 3.79. The van der Waals surface area contributed by atoms with E-state index in [4.69, 9.17) is 5.73 Å². The first kappa shape index (κ1) is 15.0. The molecule has 6 nitrogen and oxygen atoms in total. The summed E-state index contributed by atoms with van der Waals surface area (Å²) in [5.41, 5.74) is 5.66. The molecule has 0 fully saturated rings. The van der Waals surface area contributed by atoms with Crippen LogP contribution >= 0.6 is 0 Å². The molecule has 2 rings (SSSR count). The van der Waals surface area contributed by atoms with Gasteiger partial charge in [-0.2, -0.15) is 13.5 Å². The van der Waals surface area contributed by atoms with E-state index in [9.17, 15) is 12.8 Å². The van der Waals surface area contributed by atoms with Gasteiger partial charge in [0.25, 0.3) is 10.0 Å². The number of rotatable bonds is 3. The van der Waals surface area contributed by atoms with E-state index in [1.54, 1.807) is 0 Å². The number of benzene rings is 1. The van der Waals surface area contributed by atoms with Crippen molar-refractivity contribution in [1.82, 2.24) is 9.78 Å². The Labute approximate surface area is 121 Å². The highest BCUT2D eigenvalue weighted by atomic mass is 32.2. The van der Waals surface area contributed by atoms with E-state index in [-0.39, 0.29) is 22.8 Å². The van der Waals surface area contributed by atoms with Crippen LogP contribution in [0.15, 0.2) is 35.5 Å². The Bertz CT molecular complexity index is 818. The minimum absolute atomic E-state index is 0.00967. The number of aryl methyl sites for hydroxylation is 1. The number of aromatic nitrogens is 2. The van der Waals surface area contributed by atoms with Gasteiger partial charge in [0, 0.05) is 7.05 Å². The third-order valence-electron chi connectivity index (χ3n) is 2.60. The van der Waals surface area contributed by atoms with E-state index in [2.05, 4.69) is 21.7 Å². The van der Waals surface area contributed by atoms with Crippen LogP contribution in [0.5, 0.6) is 0 Å². The quantitative estimate of drug-likeness (QED) is 0.816. The van der Waals surface area contributed by atoms with Gasteiger partial charge in [0.15, 0.2) is 5.03 Å². The second kappa shape index (κ2) is 5.95. The van der Waals surface area contributed by atoms with Crippen LogP contribution in [0.4, 0.5) is 10.1 Å². The lowest BCUT2D eigenvalue weighted by atomic mass is 10.2. The Balaban J connectivity index is 2.42. The van der Waals surface area contributed by atoms with Crippen LogP contribution in [0.25, 0.3) is 0 Å². The summed E-state index contributed by atoms with van der Waals surface area (Å²) in [6, 6.07) is 4.96. The van der Waals surface area contributed by atoms with Gasteiger partial charge in [0.2, 0.25) is 0 Å². The molecule has 0 aliphatic rings. The van der Waals surface area contributed by atoms with Crippen molar-refractivity contribution >= 4 is 15.7 Å². The average Bonchev–Trinajstić information content (AvgIpc) is 2.86. The summed E-state index contributed by atoms with van der Waals surface area (Å²) in [7, 11) is -2.32. The number of hydrogen-bond donors (Lipinski definition) is 2. The molecule has 2 aromatic rings. The molecular formula is C13H13FN4O2S. The van der Waals surface area contributed by atoms with E-state index in [1.807, 2.05) is 0 Å². The van der Waals surface area contributed by atoms with Crippen molar-refractivity contribution in [2.75, 3.05) is 11.3 Å². The second-order valence-electron chi connectivity index (χ2n) is 4.09. The van der Waals surface area contributed by atoms with E-state index in [0.29, 0.717) is 0 Å². The number of hydrogen-bond acceptors (Lipinski definition) is 4. The zero-order valence-corrected chi connectivity index (χ0v) is 12.0. The fourth-order valence-electron chi connectivity index (χ4n) is 1.68. The molecular weight excluding hydrogens is 295 g/mol. The normalized spacial score (nSPS) is 10.8. The molecule has 0 unspecified atom stereocenters. The number of nitrogens with zero attached hydrogens (tertiary/aromatic N) is 2. The highest BCUT2D eigenvalue weighted by Crippen LogP contribution is 2.20. The molecule has 0 atom stereocenters. The average molecular weight is 308 g/mol. The Kier molecular flexibility index (Phi) is 4.26. The molecule has 0 amide bonds. The Morgan fingerprint density at radius 1 is 1.43 bits per heavy atom. The second-order valence-corrected chi connectivity index (χ2v) is 5.72. The van der Waals surface area contributed by atoms with Crippen LogP contribution in [0.1, 0.15) is 5.56 Å². The Morgan fingerprint density at radius 2 is 2.19 bits per heavy atom. The lowest BCUT2D eigenvalue weighted by Gasteiger charge is -2.10. The van der Waals surface area contributed by atoms with Gasteiger partial charge >= 0.3 is 0 Å². The number of nitrogens with two attached hydrogens (primary N) is 1. The first-order chi connectivity index (χ1) is 9.94. The predicted molar refractivity (Wildman–Crippen MR) is 76.3 cm³/mol. The van der Waals surface area contributed by atoms with E-state index in [0.717, 1.165) is 12.1 Å². The molecule has 0 saturated heterocycles. The lowest BCUT2D eigenvalue weighted by Crippen LogP contribution is -2.17. The summed E-state index contributed by atoms with van der Waals surface area (Å²) in [6.45, 7) is 0.0877. The molecule has 0 spiro atoms. The van der Waals surface area contributed by atoms with Crippen molar-refractivity contribution in [3.05, 3.63) is 41.8 Å². The topological polar surface area (TPSA) is 90.0 Å². The molecule has 110 valence electrons. The van der Waals surface area contributed by atoms with E-state index >= 15 is 0 Å². The predicted octanol–water partition coefficient (Wildman–Crippen LogP) is 0.670. The smallest absolute Gasteiger partial charge is 0.279 e. The molecule has 0 aliphatic carbocycles. The summed E-state index contributed by atoms with van der Waals surface area (Å²) in [4.78, 5) is 0. The maximum Gasteiger partial charge on any atom is 0.279 e. The Hall–Kier alpha value is -2.37. The first-order valence-electron chi connectivity index (χ1n) is 5.93. The monoisotopic (exact) mass is 308 g/mol. The fourth-order valence-corrected chi connectivity index (χ4v) is 2.88. The van der Waals surface area contributed by atoms with Crippen LogP contribution in [-0.2, 0) is 17.1 Å². The van der Waals surface area contributed by atoms with Gasteiger partial charge < -0.3 is 5.73 Å². The van der Waals surface area contributed by atoms with Crippen molar-refractivity contribution in [3.63, 3.8) is 0 Å². The van der Waals surface area contributed by atoms with Gasteiger partial charge in [-0.15, -0.1) is 0 Å². The molecule has 8 heteroatoms. The SMILES string of the molecule is Cn1nccc1S(=O)(=O)Nc1ccc(F)cc1C#CCN. The van der Waals surface area contributed by atoms with Crippen LogP contribution < -0.4 is 10.5 Å². The van der Waals surface area contributed by atoms with Crippen LogP contribution in [0, 0.1) is 17.7 Å². The number of nitrogens with one attached hydrogen (secondary N) is 1. The summed E-state index contributed by atoms with van der Waals surface area (Å²) in [6.07, 6.45) is 1.37. The number of sulfonamides is 1. The minimum Gasteiger partial charge on any atom is -0.320 e. The molecule has 3 N–H and O–H groups in total. The fraction of sp³-hybridized carbons (Fsp3) is 0.154. The highest BCUT2D eigenvalue weighted by molar-refractivity contribution is 7.92. The first-order valence-corrected chi connectivity index (χ1v) is 7.41. The molecule has 1 aromatic heterocycles. The third-order valence-corrected chi connectivity index (χ3v) is 4.04. The third kappa shape index (κ3) is 3.39. The largest absolute Gasteiger partial charge is 0.320 e. The lowest BCUT2D eigenvalue weighted by molar-refractivity contribution is 0.582. The van der Waals surface area contributed by atoms with Gasteiger partial charge in [-0.05, 0) is 24.3 Å². The standard InChI is InChI=1S/C13H13FN4O2S/c1-18-13(6-8-16-18)21(19,20)17-12-5-4-11(14)9-10(12)3-2-7-15/h4-6,8-9,17H,7,15H2,1H3. The van der Waals surface area contributed by atoms with Crippen molar-refractivity contribution in [2.45, 2.75) is 5.03 Å². The van der Waals surface area contributed by atoms with Gasteiger partial charge in [0.1, 0.15) is 5.82 Å². The minimum atomic E-state index is -3.83. The zero-order chi connectivity index (χ0) is 15.5. The van der Waals surface area contributed by atoms with Gasteiger partial charge in [-0.25, -0.2) is 4.39 Å². The molecule has 1 heterocycles. The van der Waals surface area contributed by atoms with E-state index in [1.165, 1.54) is 30.1 Å². The molecule has 0 radical (unpaired) electrons. The molecule has 0 aliphatic heterocycles. The van der Waals surface area contributed by atoms with Gasteiger partial charge in [-0.1, -0.05) is 11.8 Å². The zero-order valence-electron chi connectivity index (χ0n) is 11.2. The van der Waals surface area contributed by atoms with E-state index < -0.39 is 15.8 Å². The molecule has 0 saturated carbocycles. The van der Waals surface area contributed by atoms with Crippen molar-refractivity contribution in [1.29, 1.82) is 0 Å². The van der Waals surface area contributed by atoms with Gasteiger partial charge in [-0.3, -0.25) is 9.40 Å². The van der Waals surface area contributed by atoms with Crippen LogP contribution in [-0.4, -0.2) is 24.7 Å². The molecule has 21 heavy (non-hydrogen) atoms. The van der Waals surface area contributed by atoms with Gasteiger partial charge in [0.05, 0.1) is 24.0 Å². The Morgan fingerprint density at radius 3 is 2.81 bits per heavy atom. The molecule has 1 aromatic carbocycles. The maximum absolute atomic E-state index is 13.3. The summed E-state index contributed by atoms with van der Waals surface area (Å²) in [5.74, 6) is 4.68. The molecule has 0 bridgehead atoms. The van der Waals surface area contributed by atoms with Crippen LogP contribution in [0.3, 0.4) is 0 Å². The van der Waals surface area contributed by atoms with Crippen LogP contribution in [0.2, 0.25) is 0 Å². The number of anilines is 1. The van der Waals surface area contributed by atoms with Crippen molar-refractivity contribution < 1.29 is 12.8 Å². The maximum atomic E-state index is 13.3. The summed E-state index contributed by atoms with van der Waals surface area (Å²) >= 11 is 0. The number of halogens is 1. The highest BCUT2D eigenvalue weighted by Gasteiger charge is 2.19. The van der Waals surface area contributed by atoms with Crippen molar-refractivity contribution in [2.24, 2.45) is 12.8 Å². The van der Waals surface area contributed by atoms with Crippen molar-refractivity contribution in [3.8, 4) is 11.8 Å².